The number of aryl methyl sites for hydroxylation is 2. The lowest BCUT2D eigenvalue weighted by molar-refractivity contribution is -0.142. The van der Waals surface area contributed by atoms with E-state index in [1.807, 2.05) is 13.8 Å². The average molecular weight is 451 g/mol. The van der Waals surface area contributed by atoms with Gasteiger partial charge in [-0.15, -0.1) is 0 Å². The standard InChI is InChI=1S/C26H27FN2O4/c1-5-26(4,32)19-9-22-24-17(11-29(22)25(31)18(19)12-33-14(3)30)16-8-6-7-15-13(2)20(27)10-21(28-24)23(15)16/h9-10,32H,5-8,11-12H2,1-4H3/t26-/m0/s1. The summed E-state index contributed by atoms with van der Waals surface area (Å²) in [7, 11) is 0. The number of carbonyl (C=O) groups is 1. The van der Waals surface area contributed by atoms with Crippen LogP contribution in [-0.4, -0.2) is 20.6 Å². The molecule has 3 aromatic rings. The number of halogens is 1. The van der Waals surface area contributed by atoms with Gasteiger partial charge in [0.25, 0.3) is 5.56 Å². The van der Waals surface area contributed by atoms with E-state index in [-0.39, 0.29) is 23.5 Å². The highest BCUT2D eigenvalue weighted by Crippen LogP contribution is 2.42. The summed E-state index contributed by atoms with van der Waals surface area (Å²) in [5.41, 5.74) is 4.80. The Hall–Kier alpha value is -3.06. The molecule has 3 heterocycles. The van der Waals surface area contributed by atoms with Gasteiger partial charge in [-0.3, -0.25) is 9.59 Å². The first-order valence-electron chi connectivity index (χ1n) is 11.4. The first kappa shape index (κ1) is 21.8. The van der Waals surface area contributed by atoms with Crippen molar-refractivity contribution in [3.05, 3.63) is 61.7 Å². The lowest BCUT2D eigenvalue weighted by atomic mass is 9.84. The molecule has 1 aliphatic carbocycles. The fourth-order valence-electron chi connectivity index (χ4n) is 5.29. The Labute approximate surface area is 191 Å². The van der Waals surface area contributed by atoms with Gasteiger partial charge >= 0.3 is 5.97 Å². The average Bonchev–Trinajstić information content (AvgIpc) is 3.15. The van der Waals surface area contributed by atoms with E-state index < -0.39 is 11.6 Å². The van der Waals surface area contributed by atoms with Gasteiger partial charge in [0, 0.05) is 23.9 Å². The normalized spacial score (nSPS) is 15.8. The van der Waals surface area contributed by atoms with Gasteiger partial charge < -0.3 is 14.4 Å². The molecule has 5 rings (SSSR count). The number of aromatic nitrogens is 2. The zero-order valence-corrected chi connectivity index (χ0v) is 19.3. The summed E-state index contributed by atoms with van der Waals surface area (Å²) in [5, 5.41) is 12.1. The molecule has 2 aromatic heterocycles. The number of hydrogen-bond donors (Lipinski definition) is 1. The van der Waals surface area contributed by atoms with Crippen molar-refractivity contribution in [1.29, 1.82) is 0 Å². The molecule has 1 N–H and O–H groups in total. The summed E-state index contributed by atoms with van der Waals surface area (Å²) < 4.78 is 21.5. The van der Waals surface area contributed by atoms with Crippen LogP contribution in [-0.2, 0) is 41.1 Å². The molecule has 0 unspecified atom stereocenters. The van der Waals surface area contributed by atoms with Crippen LogP contribution in [0.15, 0.2) is 16.9 Å². The first-order valence-corrected chi connectivity index (χ1v) is 11.4. The monoisotopic (exact) mass is 450 g/mol. The molecule has 0 bridgehead atoms. The maximum Gasteiger partial charge on any atom is 0.302 e. The van der Waals surface area contributed by atoms with Gasteiger partial charge in [0.2, 0.25) is 0 Å². The Kier molecular flexibility index (Phi) is 4.94. The van der Waals surface area contributed by atoms with Crippen LogP contribution >= 0.6 is 0 Å². The molecule has 0 saturated carbocycles. The quantitative estimate of drug-likeness (QED) is 0.475. The van der Waals surface area contributed by atoms with Crippen molar-refractivity contribution in [3.8, 4) is 11.4 Å². The number of rotatable bonds is 4. The van der Waals surface area contributed by atoms with E-state index in [0.29, 0.717) is 41.0 Å². The summed E-state index contributed by atoms with van der Waals surface area (Å²) in [6, 6.07) is 3.28. The molecule has 0 spiro atoms. The molecule has 172 valence electrons. The number of fused-ring (bicyclic) bond motifs is 4. The third-order valence-corrected chi connectivity index (χ3v) is 7.32. The molecule has 0 amide bonds. The van der Waals surface area contributed by atoms with Gasteiger partial charge in [-0.1, -0.05) is 6.92 Å². The van der Waals surface area contributed by atoms with E-state index in [4.69, 9.17) is 9.72 Å². The fraction of sp³-hybridized carbons (Fsp3) is 0.423. The van der Waals surface area contributed by atoms with Crippen LogP contribution in [0.2, 0.25) is 0 Å². The van der Waals surface area contributed by atoms with E-state index in [0.717, 1.165) is 41.3 Å². The van der Waals surface area contributed by atoms with E-state index in [9.17, 15) is 19.1 Å². The molecule has 7 heteroatoms. The van der Waals surface area contributed by atoms with Crippen molar-refractivity contribution >= 4 is 16.9 Å². The van der Waals surface area contributed by atoms with E-state index in [2.05, 4.69) is 0 Å². The summed E-state index contributed by atoms with van der Waals surface area (Å²) in [6.45, 7) is 6.74. The third-order valence-electron chi connectivity index (χ3n) is 7.32. The molecule has 33 heavy (non-hydrogen) atoms. The molecule has 0 radical (unpaired) electrons. The van der Waals surface area contributed by atoms with Crippen molar-refractivity contribution in [2.75, 3.05) is 0 Å². The van der Waals surface area contributed by atoms with Gasteiger partial charge in [-0.25, -0.2) is 9.37 Å². The zero-order valence-electron chi connectivity index (χ0n) is 19.3. The number of pyridine rings is 2. The number of hydrogen-bond acceptors (Lipinski definition) is 5. The zero-order chi connectivity index (χ0) is 23.7. The number of esters is 1. The van der Waals surface area contributed by atoms with Crippen molar-refractivity contribution in [2.24, 2.45) is 0 Å². The molecule has 6 nitrogen and oxygen atoms in total. The molecule has 1 aromatic carbocycles. The maximum atomic E-state index is 14.7. The number of aliphatic hydroxyl groups is 1. The molecule has 0 fully saturated rings. The summed E-state index contributed by atoms with van der Waals surface area (Å²) >= 11 is 0. The topological polar surface area (TPSA) is 81.4 Å². The molecule has 2 aliphatic rings. The van der Waals surface area contributed by atoms with Gasteiger partial charge in [-0.05, 0) is 67.9 Å². The predicted octanol–water partition coefficient (Wildman–Crippen LogP) is 4.04. The number of benzene rings is 1. The third kappa shape index (κ3) is 3.21. The number of ether oxygens (including phenoxy) is 1. The van der Waals surface area contributed by atoms with Crippen LogP contribution in [0.1, 0.15) is 67.0 Å². The minimum Gasteiger partial charge on any atom is -0.461 e. The van der Waals surface area contributed by atoms with Crippen LogP contribution in [0, 0.1) is 12.7 Å². The Morgan fingerprint density at radius 1 is 1.27 bits per heavy atom. The van der Waals surface area contributed by atoms with Crippen molar-refractivity contribution < 1.29 is 19.0 Å². The largest absolute Gasteiger partial charge is 0.461 e. The molecule has 1 atom stereocenters. The van der Waals surface area contributed by atoms with Gasteiger partial charge in [0.15, 0.2) is 0 Å². The first-order chi connectivity index (χ1) is 15.6. The molecular weight excluding hydrogens is 423 g/mol. The minimum atomic E-state index is -1.28. The van der Waals surface area contributed by atoms with Gasteiger partial charge in [0.1, 0.15) is 12.4 Å². The lowest BCUT2D eigenvalue weighted by Gasteiger charge is -2.25. The molecule has 1 aliphatic heterocycles. The van der Waals surface area contributed by atoms with Crippen molar-refractivity contribution in [1.82, 2.24) is 9.55 Å². The highest BCUT2D eigenvalue weighted by molar-refractivity contribution is 5.92. The van der Waals surface area contributed by atoms with Gasteiger partial charge in [0.05, 0.1) is 34.6 Å². The van der Waals surface area contributed by atoms with E-state index in [1.165, 1.54) is 13.0 Å². The van der Waals surface area contributed by atoms with Crippen LogP contribution in [0.3, 0.4) is 0 Å². The summed E-state index contributed by atoms with van der Waals surface area (Å²) in [4.78, 5) is 29.9. The van der Waals surface area contributed by atoms with E-state index in [1.54, 1.807) is 17.6 Å². The minimum absolute atomic E-state index is 0.201. The second-order valence-electron chi connectivity index (χ2n) is 9.35. The molecular formula is C26H27FN2O4. The summed E-state index contributed by atoms with van der Waals surface area (Å²) in [5.74, 6) is -0.757. The van der Waals surface area contributed by atoms with Crippen LogP contribution < -0.4 is 5.56 Å². The second-order valence-corrected chi connectivity index (χ2v) is 9.35. The van der Waals surface area contributed by atoms with Crippen LogP contribution in [0.4, 0.5) is 4.39 Å². The predicted molar refractivity (Wildman–Crippen MR) is 123 cm³/mol. The lowest BCUT2D eigenvalue weighted by Crippen LogP contribution is -2.31. The van der Waals surface area contributed by atoms with Crippen LogP contribution in [0.25, 0.3) is 22.3 Å². The fourth-order valence-corrected chi connectivity index (χ4v) is 5.29. The summed E-state index contributed by atoms with van der Waals surface area (Å²) in [6.07, 6.45) is 2.96. The van der Waals surface area contributed by atoms with Crippen molar-refractivity contribution in [3.63, 3.8) is 0 Å². The maximum absolute atomic E-state index is 14.7. The second kappa shape index (κ2) is 7.48. The van der Waals surface area contributed by atoms with Gasteiger partial charge in [-0.2, -0.15) is 0 Å². The highest BCUT2D eigenvalue weighted by atomic mass is 19.1. The Balaban J connectivity index is 1.80. The Morgan fingerprint density at radius 2 is 2.00 bits per heavy atom. The van der Waals surface area contributed by atoms with Crippen LogP contribution in [0.5, 0.6) is 0 Å². The Bertz CT molecular complexity index is 1400. The van der Waals surface area contributed by atoms with E-state index >= 15 is 0 Å². The highest BCUT2D eigenvalue weighted by Gasteiger charge is 2.34. The van der Waals surface area contributed by atoms with Crippen molar-refractivity contribution in [2.45, 2.75) is 72.1 Å². The SMILES string of the molecule is CC[C@](C)(O)c1cc2n(c(=O)c1COC(C)=O)Cc1c-2nc2cc(F)c(C)c3c2c1CCC3. The number of carbonyl (C=O) groups excluding carboxylic acids is 1. The smallest absolute Gasteiger partial charge is 0.302 e. The Morgan fingerprint density at radius 3 is 2.70 bits per heavy atom. The number of nitrogens with zero attached hydrogens (tertiary/aromatic N) is 2. The molecule has 0 saturated heterocycles.